The van der Waals surface area contributed by atoms with Crippen molar-refractivity contribution in [2.75, 3.05) is 23.8 Å². The van der Waals surface area contributed by atoms with Crippen LogP contribution in [0.3, 0.4) is 0 Å². The van der Waals surface area contributed by atoms with E-state index in [-0.39, 0.29) is 12.2 Å². The van der Waals surface area contributed by atoms with Gasteiger partial charge in [-0.15, -0.1) is 0 Å². The van der Waals surface area contributed by atoms with Gasteiger partial charge in [0.1, 0.15) is 11.9 Å². The molecule has 2 aliphatic carbocycles. The SMILES string of the molecule is CCOc1ccc2c(N)c(-c3ccc(N(CC)C(=O)OC4CCCC4)cc3)n(C3CCC3)c2c1. The highest BCUT2D eigenvalue weighted by molar-refractivity contribution is 6.02. The van der Waals surface area contributed by atoms with E-state index in [1.54, 1.807) is 4.90 Å². The zero-order chi connectivity index (χ0) is 23.7. The Labute approximate surface area is 201 Å². The normalized spacial score (nSPS) is 16.5. The summed E-state index contributed by atoms with van der Waals surface area (Å²) in [5, 5.41) is 1.06. The van der Waals surface area contributed by atoms with E-state index in [4.69, 9.17) is 15.2 Å². The van der Waals surface area contributed by atoms with E-state index in [0.29, 0.717) is 19.2 Å². The van der Waals surface area contributed by atoms with Crippen LogP contribution in [0.15, 0.2) is 42.5 Å². The molecule has 0 spiro atoms. The van der Waals surface area contributed by atoms with Crippen molar-refractivity contribution in [1.29, 1.82) is 0 Å². The Hall–Kier alpha value is -3.15. The second-order valence-corrected chi connectivity index (χ2v) is 9.41. The van der Waals surface area contributed by atoms with Crippen molar-refractivity contribution < 1.29 is 14.3 Å². The summed E-state index contributed by atoms with van der Waals surface area (Å²) in [5.41, 5.74) is 11.6. The van der Waals surface area contributed by atoms with Gasteiger partial charge in [0.25, 0.3) is 0 Å². The smallest absolute Gasteiger partial charge is 0.414 e. The van der Waals surface area contributed by atoms with Gasteiger partial charge in [-0.2, -0.15) is 0 Å². The maximum atomic E-state index is 12.8. The van der Waals surface area contributed by atoms with Crippen molar-refractivity contribution >= 4 is 28.4 Å². The first-order valence-corrected chi connectivity index (χ1v) is 12.8. The molecule has 180 valence electrons. The summed E-state index contributed by atoms with van der Waals surface area (Å²) in [5.74, 6) is 0.870. The van der Waals surface area contributed by atoms with Crippen LogP contribution in [-0.2, 0) is 4.74 Å². The first-order chi connectivity index (χ1) is 16.6. The van der Waals surface area contributed by atoms with E-state index in [2.05, 4.69) is 28.8 Å². The number of carbonyl (C=O) groups is 1. The predicted molar refractivity (Wildman–Crippen MR) is 138 cm³/mol. The number of nitrogens with zero attached hydrogens (tertiary/aromatic N) is 2. The monoisotopic (exact) mass is 461 g/mol. The van der Waals surface area contributed by atoms with Gasteiger partial charge in [0.05, 0.1) is 23.5 Å². The molecule has 0 unspecified atom stereocenters. The molecule has 1 amide bonds. The van der Waals surface area contributed by atoms with E-state index < -0.39 is 0 Å². The Balaban J connectivity index is 1.48. The third-order valence-corrected chi connectivity index (χ3v) is 7.32. The molecular weight excluding hydrogens is 426 g/mol. The average molecular weight is 462 g/mol. The highest BCUT2D eigenvalue weighted by Gasteiger charge is 2.28. The summed E-state index contributed by atoms with van der Waals surface area (Å²) in [6, 6.07) is 14.8. The Morgan fingerprint density at radius 2 is 1.76 bits per heavy atom. The minimum absolute atomic E-state index is 0.0559. The molecule has 1 aromatic heterocycles. The van der Waals surface area contributed by atoms with Crippen LogP contribution in [0.5, 0.6) is 5.75 Å². The minimum atomic E-state index is -0.256. The number of carbonyl (C=O) groups excluding carboxylic acids is 1. The summed E-state index contributed by atoms with van der Waals surface area (Å²) in [4.78, 5) is 14.5. The second-order valence-electron chi connectivity index (χ2n) is 9.41. The lowest BCUT2D eigenvalue weighted by Gasteiger charge is -2.30. The molecule has 0 saturated heterocycles. The van der Waals surface area contributed by atoms with Crippen molar-refractivity contribution in [2.24, 2.45) is 0 Å². The Bertz CT molecular complexity index is 1160. The van der Waals surface area contributed by atoms with E-state index in [9.17, 15) is 4.79 Å². The summed E-state index contributed by atoms with van der Waals surface area (Å²) in [6.45, 7) is 5.18. The van der Waals surface area contributed by atoms with Crippen molar-refractivity contribution in [3.63, 3.8) is 0 Å². The van der Waals surface area contributed by atoms with Crippen LogP contribution in [0.25, 0.3) is 22.2 Å². The molecule has 3 aromatic rings. The van der Waals surface area contributed by atoms with Gasteiger partial charge in [-0.25, -0.2) is 4.79 Å². The largest absolute Gasteiger partial charge is 0.494 e. The Morgan fingerprint density at radius 1 is 1.03 bits per heavy atom. The predicted octanol–water partition coefficient (Wildman–Crippen LogP) is 6.92. The van der Waals surface area contributed by atoms with Crippen molar-refractivity contribution in [3.05, 3.63) is 42.5 Å². The highest BCUT2D eigenvalue weighted by atomic mass is 16.6. The van der Waals surface area contributed by atoms with Crippen molar-refractivity contribution in [2.45, 2.75) is 70.9 Å². The molecule has 1 heterocycles. The molecule has 6 heteroatoms. The first-order valence-electron chi connectivity index (χ1n) is 12.8. The fourth-order valence-corrected chi connectivity index (χ4v) is 5.32. The zero-order valence-corrected chi connectivity index (χ0v) is 20.3. The summed E-state index contributed by atoms with van der Waals surface area (Å²) < 4.78 is 13.9. The number of anilines is 2. The van der Waals surface area contributed by atoms with E-state index in [0.717, 1.165) is 77.8 Å². The standard InChI is InChI=1S/C28H35N3O3/c1-3-30(28(32)34-22-10-5-6-11-22)20-14-12-19(13-15-20)27-26(29)24-17-16-23(33-4-2)18-25(24)31(27)21-8-7-9-21/h12-18,21-22H,3-11,29H2,1-2H3. The van der Waals surface area contributed by atoms with Gasteiger partial charge in [-0.3, -0.25) is 4.90 Å². The lowest BCUT2D eigenvalue weighted by molar-refractivity contribution is 0.108. The van der Waals surface area contributed by atoms with Gasteiger partial charge in [0.2, 0.25) is 0 Å². The van der Waals surface area contributed by atoms with E-state index in [1.165, 1.54) is 6.42 Å². The van der Waals surface area contributed by atoms with Crippen LogP contribution in [0.1, 0.15) is 64.8 Å². The molecule has 0 aliphatic heterocycles. The second kappa shape index (κ2) is 9.61. The number of fused-ring (bicyclic) bond motifs is 1. The van der Waals surface area contributed by atoms with Crippen molar-refractivity contribution in [1.82, 2.24) is 4.57 Å². The van der Waals surface area contributed by atoms with Gasteiger partial charge in [-0.1, -0.05) is 12.1 Å². The van der Waals surface area contributed by atoms with Crippen LogP contribution in [0, 0.1) is 0 Å². The Kier molecular flexibility index (Phi) is 6.40. The molecule has 2 N–H and O–H groups in total. The van der Waals surface area contributed by atoms with Crippen LogP contribution in [0.2, 0.25) is 0 Å². The zero-order valence-electron chi connectivity index (χ0n) is 20.3. The minimum Gasteiger partial charge on any atom is -0.494 e. The number of ether oxygens (including phenoxy) is 2. The van der Waals surface area contributed by atoms with Crippen molar-refractivity contribution in [3.8, 4) is 17.0 Å². The third kappa shape index (κ3) is 4.10. The summed E-state index contributed by atoms with van der Waals surface area (Å²) >= 11 is 0. The third-order valence-electron chi connectivity index (χ3n) is 7.32. The maximum Gasteiger partial charge on any atom is 0.414 e. The highest BCUT2D eigenvalue weighted by Crippen LogP contribution is 2.45. The molecule has 0 bridgehead atoms. The molecule has 2 saturated carbocycles. The Morgan fingerprint density at radius 3 is 2.38 bits per heavy atom. The lowest BCUT2D eigenvalue weighted by atomic mass is 9.92. The molecule has 0 atom stereocenters. The van der Waals surface area contributed by atoms with E-state index >= 15 is 0 Å². The fraction of sp³-hybridized carbons (Fsp3) is 0.464. The molecular formula is C28H35N3O3. The summed E-state index contributed by atoms with van der Waals surface area (Å²) in [6.07, 6.45) is 7.57. The summed E-state index contributed by atoms with van der Waals surface area (Å²) in [7, 11) is 0. The number of nitrogens with two attached hydrogens (primary N) is 1. The number of aromatic nitrogens is 1. The molecule has 0 radical (unpaired) electrons. The van der Waals surface area contributed by atoms with Crippen LogP contribution in [-0.4, -0.2) is 29.9 Å². The van der Waals surface area contributed by atoms with Crippen LogP contribution in [0.4, 0.5) is 16.2 Å². The number of benzene rings is 2. The van der Waals surface area contributed by atoms with E-state index in [1.807, 2.05) is 32.0 Å². The average Bonchev–Trinajstić information content (AvgIpc) is 3.41. The van der Waals surface area contributed by atoms with Gasteiger partial charge >= 0.3 is 6.09 Å². The maximum absolute atomic E-state index is 12.8. The molecule has 34 heavy (non-hydrogen) atoms. The molecule has 2 aliphatic rings. The quantitative estimate of drug-likeness (QED) is 0.415. The number of hydrogen-bond donors (Lipinski definition) is 1. The van der Waals surface area contributed by atoms with Gasteiger partial charge < -0.3 is 19.8 Å². The van der Waals surface area contributed by atoms with Crippen LogP contribution >= 0.6 is 0 Å². The number of hydrogen-bond acceptors (Lipinski definition) is 4. The number of amides is 1. The molecule has 2 aromatic carbocycles. The van der Waals surface area contributed by atoms with Crippen LogP contribution < -0.4 is 15.4 Å². The van der Waals surface area contributed by atoms with Gasteiger partial charge in [0.15, 0.2) is 0 Å². The number of rotatable bonds is 7. The number of nitrogen functional groups attached to an aromatic ring is 1. The van der Waals surface area contributed by atoms with Gasteiger partial charge in [-0.05, 0) is 83.1 Å². The fourth-order valence-electron chi connectivity index (χ4n) is 5.32. The first kappa shape index (κ1) is 22.6. The topological polar surface area (TPSA) is 69.7 Å². The molecule has 6 nitrogen and oxygen atoms in total. The molecule has 2 fully saturated rings. The molecule has 5 rings (SSSR count). The van der Waals surface area contributed by atoms with Gasteiger partial charge in [0, 0.05) is 35.3 Å². The lowest BCUT2D eigenvalue weighted by Crippen LogP contribution is -2.33.